The summed E-state index contributed by atoms with van der Waals surface area (Å²) in [6.45, 7) is 5.40. The first kappa shape index (κ1) is 14.5. The molecule has 0 spiro atoms. The van der Waals surface area contributed by atoms with E-state index in [0.29, 0.717) is 17.2 Å². The van der Waals surface area contributed by atoms with E-state index in [1.54, 1.807) is 19.1 Å². The van der Waals surface area contributed by atoms with Crippen LogP contribution in [0.3, 0.4) is 0 Å². The van der Waals surface area contributed by atoms with E-state index in [0.717, 1.165) is 15.7 Å². The molecular weight excluding hydrogens is 324 g/mol. The van der Waals surface area contributed by atoms with Gasteiger partial charge in [-0.15, -0.1) is 0 Å². The van der Waals surface area contributed by atoms with Crippen molar-refractivity contribution in [1.29, 1.82) is 0 Å². The number of benzene rings is 1. The number of rotatable bonds is 3. The molecule has 0 amide bonds. The molecule has 6 heteroatoms. The molecule has 0 saturated carbocycles. The Morgan fingerprint density at radius 3 is 2.50 bits per heavy atom. The summed E-state index contributed by atoms with van der Waals surface area (Å²) in [7, 11) is 0. The second-order valence-corrected chi connectivity index (χ2v) is 5.33. The number of nitro benzene ring substituents is 1. The van der Waals surface area contributed by atoms with Crippen LogP contribution in [0, 0.1) is 30.9 Å². The van der Waals surface area contributed by atoms with Gasteiger partial charge in [-0.3, -0.25) is 10.1 Å². The molecule has 1 aromatic carbocycles. The van der Waals surface area contributed by atoms with Gasteiger partial charge in [0.2, 0.25) is 5.88 Å². The number of hydrogen-bond donors (Lipinski definition) is 0. The van der Waals surface area contributed by atoms with Crippen LogP contribution in [0.5, 0.6) is 11.6 Å². The molecule has 0 aliphatic rings. The maximum absolute atomic E-state index is 11.0. The fraction of sp³-hybridized carbons (Fsp3) is 0.214. The van der Waals surface area contributed by atoms with Crippen LogP contribution in [-0.2, 0) is 0 Å². The molecule has 0 aliphatic heterocycles. The van der Waals surface area contributed by atoms with Crippen LogP contribution in [0.15, 0.2) is 28.7 Å². The molecule has 0 aliphatic carbocycles. The first-order valence-electron chi connectivity index (χ1n) is 5.95. The van der Waals surface area contributed by atoms with Gasteiger partial charge in [-0.1, -0.05) is 0 Å². The molecule has 1 aromatic heterocycles. The molecule has 0 atom stereocenters. The van der Waals surface area contributed by atoms with E-state index >= 15 is 0 Å². The predicted molar refractivity (Wildman–Crippen MR) is 79.3 cm³/mol. The third-order valence-corrected chi connectivity index (χ3v) is 3.74. The van der Waals surface area contributed by atoms with Crippen molar-refractivity contribution in [3.05, 3.63) is 55.7 Å². The summed E-state index contributed by atoms with van der Waals surface area (Å²) in [6.07, 6.45) is 0. The topological polar surface area (TPSA) is 65.3 Å². The van der Waals surface area contributed by atoms with Gasteiger partial charge in [0.25, 0.3) is 5.69 Å². The SMILES string of the molecule is Cc1cc(C)c([N+](=O)[O-])cc1Oc1ccc(Br)c(C)n1. The van der Waals surface area contributed by atoms with Gasteiger partial charge in [-0.05, 0) is 54.4 Å². The molecule has 0 unspecified atom stereocenters. The first-order chi connectivity index (χ1) is 9.38. The zero-order chi connectivity index (χ0) is 14.9. The van der Waals surface area contributed by atoms with E-state index in [9.17, 15) is 10.1 Å². The van der Waals surface area contributed by atoms with E-state index in [1.165, 1.54) is 6.07 Å². The van der Waals surface area contributed by atoms with E-state index in [-0.39, 0.29) is 5.69 Å². The number of nitrogens with zero attached hydrogens (tertiary/aromatic N) is 2. The molecule has 0 saturated heterocycles. The Morgan fingerprint density at radius 1 is 1.20 bits per heavy atom. The predicted octanol–water partition coefficient (Wildman–Crippen LogP) is 4.47. The lowest BCUT2D eigenvalue weighted by molar-refractivity contribution is -0.385. The van der Waals surface area contributed by atoms with Crippen LogP contribution < -0.4 is 4.74 Å². The van der Waals surface area contributed by atoms with Crippen molar-refractivity contribution in [2.75, 3.05) is 0 Å². The molecular formula is C14H13BrN2O3. The Bertz CT molecular complexity index is 686. The second-order valence-electron chi connectivity index (χ2n) is 4.48. The van der Waals surface area contributed by atoms with Gasteiger partial charge < -0.3 is 4.74 Å². The molecule has 1 heterocycles. The van der Waals surface area contributed by atoms with Gasteiger partial charge >= 0.3 is 0 Å². The Hall–Kier alpha value is -1.95. The molecule has 104 valence electrons. The van der Waals surface area contributed by atoms with E-state index in [1.807, 2.05) is 19.9 Å². The minimum absolute atomic E-state index is 0.0411. The van der Waals surface area contributed by atoms with Crippen molar-refractivity contribution in [2.45, 2.75) is 20.8 Å². The summed E-state index contributed by atoms with van der Waals surface area (Å²) in [6, 6.07) is 6.71. The van der Waals surface area contributed by atoms with Gasteiger partial charge in [0.05, 0.1) is 16.7 Å². The number of aryl methyl sites for hydroxylation is 3. The average Bonchev–Trinajstić information content (AvgIpc) is 2.36. The van der Waals surface area contributed by atoms with Gasteiger partial charge in [-0.2, -0.15) is 0 Å². The number of nitro groups is 1. The van der Waals surface area contributed by atoms with Crippen molar-refractivity contribution in [3.63, 3.8) is 0 Å². The van der Waals surface area contributed by atoms with Crippen LogP contribution >= 0.6 is 15.9 Å². The summed E-state index contributed by atoms with van der Waals surface area (Å²) in [4.78, 5) is 14.8. The van der Waals surface area contributed by atoms with Gasteiger partial charge in [0.15, 0.2) is 0 Å². The van der Waals surface area contributed by atoms with Crippen LogP contribution in [0.1, 0.15) is 16.8 Å². The van der Waals surface area contributed by atoms with E-state index < -0.39 is 4.92 Å². The fourth-order valence-corrected chi connectivity index (χ4v) is 2.04. The summed E-state index contributed by atoms with van der Waals surface area (Å²) >= 11 is 3.36. The molecule has 5 nitrogen and oxygen atoms in total. The lowest BCUT2D eigenvalue weighted by Gasteiger charge is -2.10. The van der Waals surface area contributed by atoms with E-state index in [4.69, 9.17) is 4.74 Å². The van der Waals surface area contributed by atoms with Crippen molar-refractivity contribution in [3.8, 4) is 11.6 Å². The zero-order valence-corrected chi connectivity index (χ0v) is 12.9. The molecule has 2 rings (SSSR count). The minimum Gasteiger partial charge on any atom is -0.438 e. The van der Waals surface area contributed by atoms with Gasteiger partial charge in [0, 0.05) is 16.1 Å². The first-order valence-corrected chi connectivity index (χ1v) is 6.74. The third kappa shape index (κ3) is 2.96. The summed E-state index contributed by atoms with van der Waals surface area (Å²) < 4.78 is 6.54. The van der Waals surface area contributed by atoms with Crippen LogP contribution in [0.25, 0.3) is 0 Å². The normalized spacial score (nSPS) is 10.4. The van der Waals surface area contributed by atoms with E-state index in [2.05, 4.69) is 20.9 Å². The summed E-state index contributed by atoms with van der Waals surface area (Å²) in [5, 5.41) is 11.0. The average molecular weight is 337 g/mol. The van der Waals surface area contributed by atoms with Crippen molar-refractivity contribution < 1.29 is 9.66 Å². The second kappa shape index (κ2) is 5.58. The highest BCUT2D eigenvalue weighted by atomic mass is 79.9. The number of aromatic nitrogens is 1. The Balaban J connectivity index is 2.40. The van der Waals surface area contributed by atoms with Gasteiger partial charge in [-0.25, -0.2) is 4.98 Å². The van der Waals surface area contributed by atoms with Crippen molar-refractivity contribution >= 4 is 21.6 Å². The molecule has 0 N–H and O–H groups in total. The van der Waals surface area contributed by atoms with Crippen molar-refractivity contribution in [2.24, 2.45) is 0 Å². The fourth-order valence-electron chi connectivity index (χ4n) is 1.82. The number of pyridine rings is 1. The monoisotopic (exact) mass is 336 g/mol. The summed E-state index contributed by atoms with van der Waals surface area (Å²) in [5.41, 5.74) is 2.27. The van der Waals surface area contributed by atoms with Crippen molar-refractivity contribution in [1.82, 2.24) is 4.98 Å². The highest BCUT2D eigenvalue weighted by Gasteiger charge is 2.15. The van der Waals surface area contributed by atoms with Crippen LogP contribution in [-0.4, -0.2) is 9.91 Å². The minimum atomic E-state index is -0.415. The van der Waals surface area contributed by atoms with Gasteiger partial charge in [0.1, 0.15) is 5.75 Å². The Labute approximate surface area is 124 Å². The number of halogens is 1. The molecule has 0 bridgehead atoms. The Kier molecular flexibility index (Phi) is 4.04. The zero-order valence-electron chi connectivity index (χ0n) is 11.3. The highest BCUT2D eigenvalue weighted by molar-refractivity contribution is 9.10. The maximum Gasteiger partial charge on any atom is 0.276 e. The largest absolute Gasteiger partial charge is 0.438 e. The molecule has 20 heavy (non-hydrogen) atoms. The van der Waals surface area contributed by atoms with Crippen LogP contribution in [0.2, 0.25) is 0 Å². The quantitative estimate of drug-likeness (QED) is 0.612. The highest BCUT2D eigenvalue weighted by Crippen LogP contribution is 2.31. The lowest BCUT2D eigenvalue weighted by Crippen LogP contribution is -1.97. The smallest absolute Gasteiger partial charge is 0.276 e. The molecule has 2 aromatic rings. The Morgan fingerprint density at radius 2 is 1.90 bits per heavy atom. The maximum atomic E-state index is 11.0. The lowest BCUT2D eigenvalue weighted by atomic mass is 10.1. The number of ether oxygens (including phenoxy) is 1. The molecule has 0 fully saturated rings. The third-order valence-electron chi connectivity index (χ3n) is 2.90. The summed E-state index contributed by atoms with van der Waals surface area (Å²) in [5.74, 6) is 0.850. The molecule has 0 radical (unpaired) electrons. The number of hydrogen-bond acceptors (Lipinski definition) is 4. The standard InChI is InChI=1S/C14H13BrN2O3/c1-8-6-9(2)13(7-12(8)17(18)19)20-14-5-4-11(15)10(3)16-14/h4-7H,1-3H3. The van der Waals surface area contributed by atoms with Crippen LogP contribution in [0.4, 0.5) is 5.69 Å².